The molecule has 1 aromatic heterocycles. The lowest BCUT2D eigenvalue weighted by Crippen LogP contribution is -2.25. The van der Waals surface area contributed by atoms with E-state index in [0.717, 1.165) is 13.1 Å². The van der Waals surface area contributed by atoms with E-state index in [1.807, 2.05) is 13.8 Å². The molecule has 2 N–H and O–H groups in total. The molecule has 6 nitrogen and oxygen atoms in total. The molecular formula is C14H27N5O. The molecule has 1 aromatic rings. The van der Waals surface area contributed by atoms with Gasteiger partial charge in [-0.15, -0.1) is 0 Å². The molecule has 0 fully saturated rings. The van der Waals surface area contributed by atoms with Crippen LogP contribution in [0.2, 0.25) is 0 Å². The summed E-state index contributed by atoms with van der Waals surface area (Å²) in [7, 11) is 0. The SMILES string of the molecule is CCNc1nc(NCC(C)C(C)(C)C)nc(OCC)n1. The van der Waals surface area contributed by atoms with Crippen molar-refractivity contribution in [2.24, 2.45) is 11.3 Å². The molecule has 0 radical (unpaired) electrons. The number of anilines is 2. The second kappa shape index (κ2) is 7.26. The number of nitrogens with one attached hydrogen (secondary N) is 2. The van der Waals surface area contributed by atoms with Gasteiger partial charge in [0.15, 0.2) is 0 Å². The standard InChI is InChI=1S/C14H27N5O/c1-7-15-11-17-12(19-13(18-11)20-8-2)16-9-10(3)14(4,5)6/h10H,7-9H2,1-6H3,(H2,15,16,17,18,19). The predicted molar refractivity (Wildman–Crippen MR) is 82.3 cm³/mol. The van der Waals surface area contributed by atoms with Crippen LogP contribution in [0.15, 0.2) is 0 Å². The summed E-state index contributed by atoms with van der Waals surface area (Å²) < 4.78 is 5.37. The van der Waals surface area contributed by atoms with Gasteiger partial charge < -0.3 is 15.4 Å². The molecule has 0 amide bonds. The van der Waals surface area contributed by atoms with Crippen molar-refractivity contribution in [1.29, 1.82) is 0 Å². The average molecular weight is 281 g/mol. The fraction of sp³-hybridized carbons (Fsp3) is 0.786. The van der Waals surface area contributed by atoms with Crippen LogP contribution in [-0.4, -0.2) is 34.6 Å². The predicted octanol–water partition coefficient (Wildman–Crippen LogP) is 2.80. The summed E-state index contributed by atoms with van der Waals surface area (Å²) >= 11 is 0. The number of rotatable bonds is 7. The third-order valence-electron chi connectivity index (χ3n) is 3.27. The van der Waals surface area contributed by atoms with Gasteiger partial charge in [-0.25, -0.2) is 0 Å². The van der Waals surface area contributed by atoms with Crippen molar-refractivity contribution in [3.05, 3.63) is 0 Å². The first-order chi connectivity index (χ1) is 9.36. The van der Waals surface area contributed by atoms with Crippen LogP contribution in [0.1, 0.15) is 41.5 Å². The smallest absolute Gasteiger partial charge is 0.323 e. The monoisotopic (exact) mass is 281 g/mol. The van der Waals surface area contributed by atoms with Gasteiger partial charge in [0.1, 0.15) is 0 Å². The third-order valence-corrected chi connectivity index (χ3v) is 3.27. The lowest BCUT2D eigenvalue weighted by atomic mass is 9.82. The second-order valence-corrected chi connectivity index (χ2v) is 5.88. The van der Waals surface area contributed by atoms with Crippen LogP contribution in [0.5, 0.6) is 6.01 Å². The first-order valence-electron chi connectivity index (χ1n) is 7.23. The summed E-state index contributed by atoms with van der Waals surface area (Å²) in [6, 6.07) is 0.351. The van der Waals surface area contributed by atoms with E-state index in [1.165, 1.54) is 0 Å². The summed E-state index contributed by atoms with van der Waals surface area (Å²) in [6.45, 7) is 14.9. The highest BCUT2D eigenvalue weighted by Gasteiger charge is 2.20. The van der Waals surface area contributed by atoms with E-state index in [4.69, 9.17) is 4.74 Å². The molecule has 0 aliphatic heterocycles. The van der Waals surface area contributed by atoms with E-state index in [9.17, 15) is 0 Å². The summed E-state index contributed by atoms with van der Waals surface area (Å²) in [5.41, 5.74) is 0.243. The molecule has 114 valence electrons. The molecule has 0 saturated heterocycles. The van der Waals surface area contributed by atoms with Crippen molar-refractivity contribution >= 4 is 11.9 Å². The minimum Gasteiger partial charge on any atom is -0.464 e. The molecule has 1 atom stereocenters. The number of hydrogen-bond acceptors (Lipinski definition) is 6. The Bertz CT molecular complexity index is 392. The Hall–Kier alpha value is -1.59. The first-order valence-corrected chi connectivity index (χ1v) is 7.23. The fourth-order valence-corrected chi connectivity index (χ4v) is 1.42. The van der Waals surface area contributed by atoms with Crippen LogP contribution in [0.3, 0.4) is 0 Å². The van der Waals surface area contributed by atoms with Crippen LogP contribution in [0.4, 0.5) is 11.9 Å². The zero-order valence-electron chi connectivity index (χ0n) is 13.4. The highest BCUT2D eigenvalue weighted by molar-refractivity contribution is 5.35. The quantitative estimate of drug-likeness (QED) is 0.800. The Morgan fingerprint density at radius 1 is 1.05 bits per heavy atom. The van der Waals surface area contributed by atoms with E-state index < -0.39 is 0 Å². The fourth-order valence-electron chi connectivity index (χ4n) is 1.42. The second-order valence-electron chi connectivity index (χ2n) is 5.88. The lowest BCUT2D eigenvalue weighted by Gasteiger charge is -2.27. The van der Waals surface area contributed by atoms with E-state index in [2.05, 4.69) is 53.3 Å². The molecule has 0 aliphatic rings. The maximum Gasteiger partial charge on any atom is 0.323 e. The van der Waals surface area contributed by atoms with E-state index in [0.29, 0.717) is 30.4 Å². The molecule has 1 rings (SSSR count). The molecule has 1 unspecified atom stereocenters. The van der Waals surface area contributed by atoms with Crippen molar-refractivity contribution in [2.75, 3.05) is 30.3 Å². The Balaban J connectivity index is 2.77. The van der Waals surface area contributed by atoms with Gasteiger partial charge in [0.2, 0.25) is 11.9 Å². The summed E-state index contributed by atoms with van der Waals surface area (Å²) in [5, 5.41) is 6.35. The number of nitrogens with zero attached hydrogens (tertiary/aromatic N) is 3. The molecule has 0 aliphatic carbocycles. The van der Waals surface area contributed by atoms with Crippen LogP contribution >= 0.6 is 0 Å². The largest absolute Gasteiger partial charge is 0.464 e. The van der Waals surface area contributed by atoms with Crippen LogP contribution in [0.25, 0.3) is 0 Å². The van der Waals surface area contributed by atoms with Gasteiger partial charge in [-0.2, -0.15) is 15.0 Å². The lowest BCUT2D eigenvalue weighted by molar-refractivity contribution is 0.274. The van der Waals surface area contributed by atoms with Gasteiger partial charge in [0.25, 0.3) is 0 Å². The van der Waals surface area contributed by atoms with Gasteiger partial charge in [-0.1, -0.05) is 27.7 Å². The van der Waals surface area contributed by atoms with Crippen molar-refractivity contribution < 1.29 is 4.74 Å². The minimum atomic E-state index is 0.243. The maximum atomic E-state index is 5.37. The van der Waals surface area contributed by atoms with Crippen molar-refractivity contribution in [1.82, 2.24) is 15.0 Å². The molecule has 0 aromatic carbocycles. The highest BCUT2D eigenvalue weighted by atomic mass is 16.5. The topological polar surface area (TPSA) is 72.0 Å². The van der Waals surface area contributed by atoms with Crippen molar-refractivity contribution in [2.45, 2.75) is 41.5 Å². The summed E-state index contributed by atoms with van der Waals surface area (Å²) in [5.74, 6) is 1.59. The van der Waals surface area contributed by atoms with Gasteiger partial charge in [0, 0.05) is 13.1 Å². The first kappa shape index (κ1) is 16.5. The number of aromatic nitrogens is 3. The average Bonchev–Trinajstić information content (AvgIpc) is 2.35. The third kappa shape index (κ3) is 5.19. The van der Waals surface area contributed by atoms with Gasteiger partial charge >= 0.3 is 6.01 Å². The van der Waals surface area contributed by atoms with Gasteiger partial charge in [-0.05, 0) is 25.2 Å². The van der Waals surface area contributed by atoms with Crippen LogP contribution in [-0.2, 0) is 0 Å². The van der Waals surface area contributed by atoms with Crippen molar-refractivity contribution in [3.8, 4) is 6.01 Å². The Morgan fingerprint density at radius 3 is 2.15 bits per heavy atom. The Morgan fingerprint density at radius 2 is 1.65 bits per heavy atom. The Kier molecular flexibility index (Phi) is 5.98. The number of hydrogen-bond donors (Lipinski definition) is 2. The molecule has 0 saturated carbocycles. The van der Waals surface area contributed by atoms with E-state index >= 15 is 0 Å². The zero-order chi connectivity index (χ0) is 15.2. The molecular weight excluding hydrogens is 254 g/mol. The normalized spacial score (nSPS) is 12.9. The molecule has 0 bridgehead atoms. The molecule has 6 heteroatoms. The van der Waals surface area contributed by atoms with Crippen LogP contribution in [0, 0.1) is 11.3 Å². The molecule has 1 heterocycles. The van der Waals surface area contributed by atoms with Gasteiger partial charge in [0.05, 0.1) is 6.61 Å². The van der Waals surface area contributed by atoms with Crippen molar-refractivity contribution in [3.63, 3.8) is 0 Å². The number of ether oxygens (including phenoxy) is 1. The van der Waals surface area contributed by atoms with E-state index in [-0.39, 0.29) is 5.41 Å². The minimum absolute atomic E-state index is 0.243. The molecule has 20 heavy (non-hydrogen) atoms. The highest BCUT2D eigenvalue weighted by Crippen LogP contribution is 2.25. The molecule has 0 spiro atoms. The maximum absolute atomic E-state index is 5.37. The Labute approximate surface area is 121 Å². The summed E-state index contributed by atoms with van der Waals surface area (Å²) in [4.78, 5) is 12.8. The van der Waals surface area contributed by atoms with Gasteiger partial charge in [-0.3, -0.25) is 0 Å². The van der Waals surface area contributed by atoms with E-state index in [1.54, 1.807) is 0 Å². The van der Waals surface area contributed by atoms with Crippen LogP contribution < -0.4 is 15.4 Å². The summed E-state index contributed by atoms with van der Waals surface area (Å²) in [6.07, 6.45) is 0. The zero-order valence-corrected chi connectivity index (χ0v) is 13.4.